The Kier molecular flexibility index (Phi) is 5.69. The zero-order chi connectivity index (χ0) is 18.7. The smallest absolute Gasteiger partial charge is 0.262 e. The van der Waals surface area contributed by atoms with Crippen LogP contribution in [-0.2, 0) is 21.9 Å². The first-order chi connectivity index (χ1) is 12.4. The van der Waals surface area contributed by atoms with E-state index in [0.29, 0.717) is 19.4 Å². The summed E-state index contributed by atoms with van der Waals surface area (Å²) >= 11 is 1.60. The molecule has 0 radical (unpaired) electrons. The molecule has 1 aromatic heterocycles. The number of nitrogens with zero attached hydrogens (tertiary/aromatic N) is 3. The number of hydrogen-bond acceptors (Lipinski definition) is 5. The summed E-state index contributed by atoms with van der Waals surface area (Å²) in [5.74, 6) is -0.524. The average Bonchev–Trinajstić information content (AvgIpc) is 3.09. The SMILES string of the molecule is CSc1cccc(NC(=O)C2CCCN(S(=O)(=O)c3cn(C)cn3)C2)c1. The average molecular weight is 395 g/mol. The standard InChI is InChI=1S/C17H22N4O3S2/c1-20-11-16(18-12-20)26(23,24)21-8-4-5-13(10-21)17(22)19-14-6-3-7-15(9-14)25-2/h3,6-7,9,11-13H,4-5,8,10H2,1-2H3,(H,19,22). The molecular weight excluding hydrogens is 372 g/mol. The lowest BCUT2D eigenvalue weighted by Crippen LogP contribution is -2.43. The number of aromatic nitrogens is 2. The van der Waals surface area contributed by atoms with Crippen molar-refractivity contribution < 1.29 is 13.2 Å². The maximum Gasteiger partial charge on any atom is 0.262 e. The van der Waals surface area contributed by atoms with Crippen LogP contribution in [0.5, 0.6) is 0 Å². The van der Waals surface area contributed by atoms with Crippen molar-refractivity contribution in [3.05, 3.63) is 36.8 Å². The topological polar surface area (TPSA) is 84.3 Å². The maximum atomic E-state index is 12.7. The summed E-state index contributed by atoms with van der Waals surface area (Å²) in [6, 6.07) is 7.61. The van der Waals surface area contributed by atoms with E-state index in [-0.39, 0.29) is 23.4 Å². The minimum absolute atomic E-state index is 0.0220. The van der Waals surface area contributed by atoms with Crippen molar-refractivity contribution in [2.24, 2.45) is 13.0 Å². The third kappa shape index (κ3) is 4.11. The molecule has 0 spiro atoms. The van der Waals surface area contributed by atoms with Crippen molar-refractivity contribution in [1.29, 1.82) is 0 Å². The van der Waals surface area contributed by atoms with Gasteiger partial charge in [-0.2, -0.15) is 4.31 Å². The second-order valence-corrected chi connectivity index (χ2v) is 9.07. The van der Waals surface area contributed by atoms with Gasteiger partial charge in [-0.15, -0.1) is 11.8 Å². The lowest BCUT2D eigenvalue weighted by Gasteiger charge is -2.30. The molecule has 1 fully saturated rings. The van der Waals surface area contributed by atoms with Gasteiger partial charge in [0.15, 0.2) is 5.03 Å². The molecule has 0 saturated carbocycles. The molecule has 0 bridgehead atoms. The number of piperidine rings is 1. The van der Waals surface area contributed by atoms with E-state index < -0.39 is 10.0 Å². The van der Waals surface area contributed by atoms with Crippen LogP contribution in [0.3, 0.4) is 0 Å². The van der Waals surface area contributed by atoms with E-state index in [9.17, 15) is 13.2 Å². The van der Waals surface area contributed by atoms with Gasteiger partial charge in [0, 0.05) is 36.9 Å². The van der Waals surface area contributed by atoms with Crippen molar-refractivity contribution in [2.45, 2.75) is 22.8 Å². The Hall–Kier alpha value is -1.84. The van der Waals surface area contributed by atoms with Gasteiger partial charge in [0.25, 0.3) is 10.0 Å². The van der Waals surface area contributed by atoms with E-state index in [4.69, 9.17) is 0 Å². The van der Waals surface area contributed by atoms with Gasteiger partial charge < -0.3 is 9.88 Å². The molecule has 140 valence electrons. The van der Waals surface area contributed by atoms with Crippen molar-refractivity contribution in [3.8, 4) is 0 Å². The summed E-state index contributed by atoms with van der Waals surface area (Å²) in [5, 5.41) is 2.93. The Morgan fingerprint density at radius 1 is 1.38 bits per heavy atom. The van der Waals surface area contributed by atoms with Gasteiger partial charge in [-0.25, -0.2) is 13.4 Å². The zero-order valence-electron chi connectivity index (χ0n) is 14.8. The van der Waals surface area contributed by atoms with Crippen LogP contribution in [0.2, 0.25) is 0 Å². The highest BCUT2D eigenvalue weighted by atomic mass is 32.2. The molecule has 2 aromatic rings. The van der Waals surface area contributed by atoms with Gasteiger partial charge in [-0.1, -0.05) is 6.07 Å². The van der Waals surface area contributed by atoms with E-state index in [0.717, 1.165) is 10.6 Å². The summed E-state index contributed by atoms with van der Waals surface area (Å²) in [4.78, 5) is 17.6. The third-order valence-corrected chi connectivity index (χ3v) is 6.85. The number of aryl methyl sites for hydroxylation is 1. The fraction of sp³-hybridized carbons (Fsp3) is 0.412. The molecule has 9 heteroatoms. The van der Waals surface area contributed by atoms with Crippen LogP contribution in [-0.4, -0.2) is 47.5 Å². The number of carbonyl (C=O) groups is 1. The summed E-state index contributed by atoms with van der Waals surface area (Å²) in [6.45, 7) is 0.581. The lowest BCUT2D eigenvalue weighted by molar-refractivity contribution is -0.120. The molecule has 2 heterocycles. The fourth-order valence-electron chi connectivity index (χ4n) is 2.97. The molecule has 1 saturated heterocycles. The Morgan fingerprint density at radius 2 is 2.19 bits per heavy atom. The highest BCUT2D eigenvalue weighted by Gasteiger charge is 2.34. The van der Waals surface area contributed by atoms with Crippen molar-refractivity contribution in [3.63, 3.8) is 0 Å². The van der Waals surface area contributed by atoms with Crippen LogP contribution >= 0.6 is 11.8 Å². The number of nitrogens with one attached hydrogen (secondary N) is 1. The molecule has 26 heavy (non-hydrogen) atoms. The Balaban J connectivity index is 1.70. The van der Waals surface area contributed by atoms with E-state index in [1.165, 1.54) is 16.8 Å². The minimum Gasteiger partial charge on any atom is -0.339 e. The van der Waals surface area contributed by atoms with E-state index in [1.54, 1.807) is 23.4 Å². The maximum absolute atomic E-state index is 12.7. The number of hydrogen-bond donors (Lipinski definition) is 1. The number of thioether (sulfide) groups is 1. The van der Waals surface area contributed by atoms with E-state index in [1.807, 2.05) is 30.5 Å². The Morgan fingerprint density at radius 3 is 2.88 bits per heavy atom. The number of amides is 1. The number of sulfonamides is 1. The largest absolute Gasteiger partial charge is 0.339 e. The molecule has 3 rings (SSSR count). The van der Waals surface area contributed by atoms with Gasteiger partial charge in [-0.3, -0.25) is 4.79 Å². The van der Waals surface area contributed by atoms with Crippen LogP contribution < -0.4 is 5.32 Å². The number of rotatable bonds is 5. The minimum atomic E-state index is -3.67. The Bertz CT molecular complexity index is 895. The molecule has 1 aliphatic rings. The van der Waals surface area contributed by atoms with Crippen LogP contribution in [0.4, 0.5) is 5.69 Å². The van der Waals surface area contributed by atoms with Crippen LogP contribution in [0.25, 0.3) is 0 Å². The molecule has 7 nitrogen and oxygen atoms in total. The summed E-state index contributed by atoms with van der Waals surface area (Å²) in [5.41, 5.74) is 0.728. The molecule has 1 N–H and O–H groups in total. The third-order valence-electron chi connectivity index (χ3n) is 4.38. The predicted molar refractivity (Wildman–Crippen MR) is 102 cm³/mol. The summed E-state index contributed by atoms with van der Waals surface area (Å²) < 4.78 is 28.4. The highest BCUT2D eigenvalue weighted by molar-refractivity contribution is 7.98. The first-order valence-corrected chi connectivity index (χ1v) is 11.0. The summed E-state index contributed by atoms with van der Waals surface area (Å²) in [7, 11) is -1.95. The molecular formula is C17H22N4O3S2. The van der Waals surface area contributed by atoms with Crippen LogP contribution in [0, 0.1) is 5.92 Å². The van der Waals surface area contributed by atoms with Crippen molar-refractivity contribution >= 4 is 33.4 Å². The highest BCUT2D eigenvalue weighted by Crippen LogP contribution is 2.25. The fourth-order valence-corrected chi connectivity index (χ4v) is 4.92. The van der Waals surface area contributed by atoms with Crippen molar-refractivity contribution in [1.82, 2.24) is 13.9 Å². The summed E-state index contributed by atoms with van der Waals surface area (Å²) in [6.07, 6.45) is 6.23. The second-order valence-electron chi connectivity index (χ2n) is 6.30. The molecule has 1 aromatic carbocycles. The molecule has 1 unspecified atom stereocenters. The van der Waals surface area contributed by atoms with Gasteiger partial charge >= 0.3 is 0 Å². The van der Waals surface area contributed by atoms with Crippen LogP contribution in [0.15, 0.2) is 46.7 Å². The first-order valence-electron chi connectivity index (χ1n) is 8.33. The van der Waals surface area contributed by atoms with Gasteiger partial charge in [0.05, 0.1) is 12.2 Å². The predicted octanol–water partition coefficient (Wildman–Crippen LogP) is 2.18. The molecule has 1 amide bonds. The van der Waals surface area contributed by atoms with Gasteiger partial charge in [-0.05, 0) is 37.3 Å². The van der Waals surface area contributed by atoms with E-state index in [2.05, 4.69) is 10.3 Å². The Labute approximate surface area is 157 Å². The number of anilines is 1. The second kappa shape index (κ2) is 7.81. The molecule has 0 aliphatic carbocycles. The van der Waals surface area contributed by atoms with Gasteiger partial charge in [0.2, 0.25) is 5.91 Å². The quantitative estimate of drug-likeness (QED) is 0.786. The van der Waals surface area contributed by atoms with Crippen LogP contribution in [0.1, 0.15) is 12.8 Å². The molecule has 1 aliphatic heterocycles. The van der Waals surface area contributed by atoms with Crippen molar-refractivity contribution in [2.75, 3.05) is 24.7 Å². The normalized spacial score (nSPS) is 18.6. The number of benzene rings is 1. The lowest BCUT2D eigenvalue weighted by atomic mass is 9.99. The number of imidazole rings is 1. The van der Waals surface area contributed by atoms with Gasteiger partial charge in [0.1, 0.15) is 0 Å². The van der Waals surface area contributed by atoms with E-state index >= 15 is 0 Å². The number of carbonyl (C=O) groups excluding carboxylic acids is 1. The monoisotopic (exact) mass is 394 g/mol. The zero-order valence-corrected chi connectivity index (χ0v) is 16.4. The molecule has 1 atom stereocenters. The first kappa shape index (κ1) is 18.9.